The summed E-state index contributed by atoms with van der Waals surface area (Å²) in [5.41, 5.74) is 0. The van der Waals surface area contributed by atoms with Gasteiger partial charge in [-0.15, -0.1) is 11.3 Å². The molecule has 3 nitrogen and oxygen atoms in total. The van der Waals surface area contributed by atoms with E-state index < -0.39 is 0 Å². The van der Waals surface area contributed by atoms with Crippen molar-refractivity contribution in [1.82, 2.24) is 4.90 Å². The zero-order chi connectivity index (χ0) is 13.0. The molecule has 1 aromatic rings. The Hall–Kier alpha value is -0.390. The quantitative estimate of drug-likeness (QED) is 0.906. The van der Waals surface area contributed by atoms with Gasteiger partial charge in [0.1, 0.15) is 0 Å². The Morgan fingerprint density at radius 3 is 2.65 bits per heavy atom. The Balaban J connectivity index is 2.57. The van der Waals surface area contributed by atoms with Crippen LogP contribution in [0.5, 0.6) is 0 Å². The van der Waals surface area contributed by atoms with Crippen LogP contribution in [0, 0.1) is 0 Å². The number of halogens is 1. The van der Waals surface area contributed by atoms with Crippen LogP contribution in [0.1, 0.15) is 31.1 Å². The molecule has 17 heavy (non-hydrogen) atoms. The van der Waals surface area contributed by atoms with Crippen LogP contribution in [-0.2, 0) is 4.79 Å². The lowest BCUT2D eigenvalue weighted by Crippen LogP contribution is -2.32. The van der Waals surface area contributed by atoms with E-state index in [1.165, 1.54) is 0 Å². The number of rotatable bonds is 5. The zero-order valence-electron chi connectivity index (χ0n) is 10.3. The van der Waals surface area contributed by atoms with Crippen LogP contribution in [0.3, 0.4) is 0 Å². The highest BCUT2D eigenvalue weighted by molar-refractivity contribution is 9.11. The van der Waals surface area contributed by atoms with Crippen LogP contribution < -0.4 is 0 Å². The fourth-order valence-electron chi connectivity index (χ4n) is 1.50. The molecule has 5 heteroatoms. The second-order valence-electron chi connectivity index (χ2n) is 4.26. The van der Waals surface area contributed by atoms with Crippen LogP contribution in [-0.4, -0.2) is 35.6 Å². The highest BCUT2D eigenvalue weighted by Gasteiger charge is 2.20. The summed E-state index contributed by atoms with van der Waals surface area (Å²) in [5.74, 6) is -0.0229. The molecular formula is C12H18BrNO2S. The van der Waals surface area contributed by atoms with E-state index in [4.69, 9.17) is 0 Å². The SMILES string of the molecule is CC(O)CCN(C)C(=O)C(C)c1ccc(Br)s1. The third kappa shape index (κ3) is 4.41. The molecule has 96 valence electrons. The Labute approximate surface area is 115 Å². The van der Waals surface area contributed by atoms with Gasteiger partial charge in [-0.05, 0) is 48.3 Å². The number of carbonyl (C=O) groups is 1. The second kappa shape index (κ2) is 6.52. The van der Waals surface area contributed by atoms with Crippen molar-refractivity contribution in [3.8, 4) is 0 Å². The minimum Gasteiger partial charge on any atom is -0.393 e. The van der Waals surface area contributed by atoms with Gasteiger partial charge in [0.25, 0.3) is 0 Å². The third-order valence-corrected chi connectivity index (χ3v) is 4.46. The van der Waals surface area contributed by atoms with E-state index in [-0.39, 0.29) is 17.9 Å². The third-order valence-electron chi connectivity index (χ3n) is 2.65. The minimum absolute atomic E-state index is 0.0972. The summed E-state index contributed by atoms with van der Waals surface area (Å²) in [7, 11) is 1.78. The van der Waals surface area contributed by atoms with E-state index in [1.54, 1.807) is 30.2 Å². The summed E-state index contributed by atoms with van der Waals surface area (Å²) in [5, 5.41) is 9.20. The molecule has 1 N–H and O–H groups in total. The molecule has 2 atom stereocenters. The molecule has 0 aliphatic carbocycles. The lowest BCUT2D eigenvalue weighted by atomic mass is 10.1. The minimum atomic E-state index is -0.364. The molecule has 1 aromatic heterocycles. The maximum Gasteiger partial charge on any atom is 0.230 e. The number of aliphatic hydroxyl groups is 1. The van der Waals surface area contributed by atoms with Crippen molar-refractivity contribution in [3.63, 3.8) is 0 Å². The van der Waals surface area contributed by atoms with E-state index in [0.29, 0.717) is 13.0 Å². The summed E-state index contributed by atoms with van der Waals surface area (Å²) in [6.07, 6.45) is 0.250. The van der Waals surface area contributed by atoms with Crippen molar-refractivity contribution in [3.05, 3.63) is 20.8 Å². The smallest absolute Gasteiger partial charge is 0.230 e. The van der Waals surface area contributed by atoms with E-state index in [9.17, 15) is 9.90 Å². The maximum atomic E-state index is 12.1. The van der Waals surface area contributed by atoms with Gasteiger partial charge in [-0.3, -0.25) is 4.79 Å². The largest absolute Gasteiger partial charge is 0.393 e. The summed E-state index contributed by atoms with van der Waals surface area (Å²) >= 11 is 4.98. The molecule has 1 heterocycles. The monoisotopic (exact) mass is 319 g/mol. The van der Waals surface area contributed by atoms with Crippen LogP contribution in [0.4, 0.5) is 0 Å². The molecule has 0 aliphatic heterocycles. The van der Waals surface area contributed by atoms with Gasteiger partial charge in [-0.1, -0.05) is 0 Å². The summed E-state index contributed by atoms with van der Waals surface area (Å²) < 4.78 is 1.04. The number of thiophene rings is 1. The highest BCUT2D eigenvalue weighted by atomic mass is 79.9. The highest BCUT2D eigenvalue weighted by Crippen LogP contribution is 2.29. The van der Waals surface area contributed by atoms with Crippen LogP contribution in [0.15, 0.2) is 15.9 Å². The number of aliphatic hydroxyl groups excluding tert-OH is 1. The van der Waals surface area contributed by atoms with Gasteiger partial charge < -0.3 is 10.0 Å². The Bertz CT molecular complexity index is 378. The topological polar surface area (TPSA) is 40.5 Å². The number of hydrogen-bond acceptors (Lipinski definition) is 3. The van der Waals surface area contributed by atoms with Gasteiger partial charge in [-0.2, -0.15) is 0 Å². The number of carbonyl (C=O) groups excluding carboxylic acids is 1. The fraction of sp³-hybridized carbons (Fsp3) is 0.583. The number of amides is 1. The van der Waals surface area contributed by atoms with Crippen molar-refractivity contribution >= 4 is 33.2 Å². The van der Waals surface area contributed by atoms with Gasteiger partial charge in [-0.25, -0.2) is 0 Å². The Kier molecular flexibility index (Phi) is 5.62. The van der Waals surface area contributed by atoms with Gasteiger partial charge in [0.05, 0.1) is 15.8 Å². The summed E-state index contributed by atoms with van der Waals surface area (Å²) in [4.78, 5) is 14.8. The lowest BCUT2D eigenvalue weighted by Gasteiger charge is -2.21. The normalized spacial score (nSPS) is 14.4. The van der Waals surface area contributed by atoms with Crippen molar-refractivity contribution in [1.29, 1.82) is 0 Å². The predicted molar refractivity (Wildman–Crippen MR) is 74.4 cm³/mol. The average Bonchev–Trinajstić information content (AvgIpc) is 2.70. The number of likely N-dealkylation sites (N-methyl/N-ethyl adjacent to an activating group) is 1. The first-order valence-electron chi connectivity index (χ1n) is 5.60. The van der Waals surface area contributed by atoms with Gasteiger partial charge in [0, 0.05) is 18.5 Å². The molecule has 0 fully saturated rings. The van der Waals surface area contributed by atoms with Crippen LogP contribution in [0.2, 0.25) is 0 Å². The first kappa shape index (κ1) is 14.7. The molecule has 0 aliphatic rings. The molecule has 0 bridgehead atoms. The van der Waals surface area contributed by atoms with E-state index in [1.807, 2.05) is 19.1 Å². The van der Waals surface area contributed by atoms with Gasteiger partial charge in [0.15, 0.2) is 0 Å². The number of nitrogens with zero attached hydrogens (tertiary/aromatic N) is 1. The molecule has 1 rings (SSSR count). The van der Waals surface area contributed by atoms with E-state index in [2.05, 4.69) is 15.9 Å². The average molecular weight is 320 g/mol. The fourth-order valence-corrected chi connectivity index (χ4v) is 2.97. The molecular weight excluding hydrogens is 302 g/mol. The standard InChI is InChI=1S/C12H18BrNO2S/c1-8(15)6-7-14(3)12(16)9(2)10-4-5-11(13)17-10/h4-5,8-9,15H,6-7H2,1-3H3. The lowest BCUT2D eigenvalue weighted by molar-refractivity contribution is -0.131. The van der Waals surface area contributed by atoms with Gasteiger partial charge in [0.2, 0.25) is 5.91 Å². The summed E-state index contributed by atoms with van der Waals surface area (Å²) in [6, 6.07) is 3.93. The van der Waals surface area contributed by atoms with Crippen molar-refractivity contribution < 1.29 is 9.90 Å². The molecule has 0 aromatic carbocycles. The first-order valence-corrected chi connectivity index (χ1v) is 7.21. The summed E-state index contributed by atoms with van der Waals surface area (Å²) in [6.45, 7) is 4.24. The molecule has 0 saturated carbocycles. The van der Waals surface area contributed by atoms with Crippen molar-refractivity contribution in [2.75, 3.05) is 13.6 Å². The van der Waals surface area contributed by atoms with Crippen LogP contribution >= 0.6 is 27.3 Å². The first-order chi connectivity index (χ1) is 7.91. The molecule has 1 amide bonds. The van der Waals surface area contributed by atoms with E-state index >= 15 is 0 Å². The van der Waals surface area contributed by atoms with Crippen molar-refractivity contribution in [2.45, 2.75) is 32.3 Å². The zero-order valence-corrected chi connectivity index (χ0v) is 12.7. The molecule has 0 saturated heterocycles. The van der Waals surface area contributed by atoms with Gasteiger partial charge >= 0.3 is 0 Å². The second-order valence-corrected chi connectivity index (χ2v) is 6.76. The van der Waals surface area contributed by atoms with Crippen LogP contribution in [0.25, 0.3) is 0 Å². The maximum absolute atomic E-state index is 12.1. The Morgan fingerprint density at radius 2 is 2.18 bits per heavy atom. The predicted octanol–water partition coefficient (Wildman–Crippen LogP) is 2.84. The number of hydrogen-bond donors (Lipinski definition) is 1. The Morgan fingerprint density at radius 1 is 1.53 bits per heavy atom. The molecule has 2 unspecified atom stereocenters. The van der Waals surface area contributed by atoms with E-state index in [0.717, 1.165) is 8.66 Å². The molecule has 0 spiro atoms. The molecule has 0 radical (unpaired) electrons. The van der Waals surface area contributed by atoms with Crippen molar-refractivity contribution in [2.24, 2.45) is 0 Å².